The average molecular weight is 288 g/mol. The number of halogens is 1. The van der Waals surface area contributed by atoms with Gasteiger partial charge < -0.3 is 4.90 Å². The van der Waals surface area contributed by atoms with Gasteiger partial charge in [0.2, 0.25) is 0 Å². The summed E-state index contributed by atoms with van der Waals surface area (Å²) in [6, 6.07) is 13.6. The predicted octanol–water partition coefficient (Wildman–Crippen LogP) is 4.32. The van der Waals surface area contributed by atoms with Gasteiger partial charge in [-0.25, -0.2) is 0 Å². The maximum absolute atomic E-state index is 12.5. The largest absolute Gasteiger partial charge is 0.311 e. The lowest BCUT2D eigenvalue weighted by Gasteiger charge is -2.19. The number of amides is 1. The van der Waals surface area contributed by atoms with Gasteiger partial charge in [0, 0.05) is 24.2 Å². The Bertz CT molecular complexity index is 616. The molecular weight excluding hydrogens is 270 g/mol. The van der Waals surface area contributed by atoms with Crippen LogP contribution in [-0.4, -0.2) is 13.0 Å². The Hall–Kier alpha value is -1.80. The Morgan fingerprint density at radius 3 is 2.35 bits per heavy atom. The summed E-state index contributed by atoms with van der Waals surface area (Å²) in [4.78, 5) is 14.2. The van der Waals surface area contributed by atoms with Crippen LogP contribution in [0.15, 0.2) is 42.5 Å². The first kappa shape index (κ1) is 14.6. The quantitative estimate of drug-likeness (QED) is 0.770. The summed E-state index contributed by atoms with van der Waals surface area (Å²) >= 11 is 5.82. The van der Waals surface area contributed by atoms with Crippen LogP contribution in [0.25, 0.3) is 0 Å². The molecule has 0 saturated heterocycles. The zero-order valence-electron chi connectivity index (χ0n) is 12.0. The normalized spacial score (nSPS) is 10.4. The molecule has 0 N–H and O–H groups in total. The van der Waals surface area contributed by atoms with Crippen LogP contribution in [0.3, 0.4) is 0 Å². The van der Waals surface area contributed by atoms with E-state index in [0.29, 0.717) is 11.4 Å². The molecule has 20 heavy (non-hydrogen) atoms. The van der Waals surface area contributed by atoms with Crippen molar-refractivity contribution in [3.05, 3.63) is 64.7 Å². The second-order valence-corrected chi connectivity index (χ2v) is 5.31. The third-order valence-corrected chi connectivity index (χ3v) is 3.54. The number of aryl methyl sites for hydroxylation is 2. The van der Waals surface area contributed by atoms with Crippen molar-refractivity contribution in [1.82, 2.24) is 0 Å². The van der Waals surface area contributed by atoms with Gasteiger partial charge in [-0.1, -0.05) is 18.2 Å². The van der Waals surface area contributed by atoms with E-state index in [1.807, 2.05) is 50.2 Å². The Morgan fingerprint density at radius 1 is 1.10 bits per heavy atom. The number of nitrogens with zero attached hydrogens (tertiary/aromatic N) is 1. The maximum atomic E-state index is 12.5. The van der Waals surface area contributed by atoms with Crippen molar-refractivity contribution in [2.75, 3.05) is 11.9 Å². The highest BCUT2D eigenvalue weighted by molar-refractivity contribution is 6.17. The van der Waals surface area contributed by atoms with Crippen molar-refractivity contribution in [2.24, 2.45) is 0 Å². The molecule has 2 nitrogen and oxygen atoms in total. The third-order valence-electron chi connectivity index (χ3n) is 3.23. The number of benzene rings is 2. The minimum atomic E-state index is -0.0260. The van der Waals surface area contributed by atoms with E-state index in [-0.39, 0.29) is 5.91 Å². The number of hydrogen-bond donors (Lipinski definition) is 0. The Balaban J connectivity index is 2.31. The van der Waals surface area contributed by atoms with Gasteiger partial charge in [0.1, 0.15) is 0 Å². The number of carbonyl (C=O) groups is 1. The predicted molar refractivity (Wildman–Crippen MR) is 84.6 cm³/mol. The molecule has 3 heteroatoms. The van der Waals surface area contributed by atoms with E-state index < -0.39 is 0 Å². The number of anilines is 1. The maximum Gasteiger partial charge on any atom is 0.258 e. The van der Waals surface area contributed by atoms with Gasteiger partial charge in [-0.15, -0.1) is 11.6 Å². The van der Waals surface area contributed by atoms with Crippen molar-refractivity contribution in [1.29, 1.82) is 0 Å². The Kier molecular flexibility index (Phi) is 4.46. The van der Waals surface area contributed by atoms with E-state index in [1.165, 1.54) is 0 Å². The molecule has 0 aliphatic heterocycles. The van der Waals surface area contributed by atoms with Crippen molar-refractivity contribution in [3.8, 4) is 0 Å². The SMILES string of the molecule is Cc1cc(C)cc(N(C)C(=O)c2cccc(CCl)c2)c1. The van der Waals surface area contributed by atoms with E-state index in [0.717, 1.165) is 22.4 Å². The van der Waals surface area contributed by atoms with E-state index in [1.54, 1.807) is 11.9 Å². The summed E-state index contributed by atoms with van der Waals surface area (Å²) < 4.78 is 0. The first-order valence-electron chi connectivity index (χ1n) is 6.52. The molecular formula is C17H18ClNO. The van der Waals surface area contributed by atoms with Gasteiger partial charge in [-0.3, -0.25) is 4.79 Å². The third kappa shape index (κ3) is 3.20. The first-order valence-corrected chi connectivity index (χ1v) is 7.06. The van der Waals surface area contributed by atoms with Crippen LogP contribution in [-0.2, 0) is 5.88 Å². The van der Waals surface area contributed by atoms with Crippen molar-refractivity contribution in [3.63, 3.8) is 0 Å². The van der Waals surface area contributed by atoms with E-state index >= 15 is 0 Å². The highest BCUT2D eigenvalue weighted by atomic mass is 35.5. The van der Waals surface area contributed by atoms with Gasteiger partial charge in [-0.05, 0) is 54.8 Å². The molecule has 0 spiro atoms. The van der Waals surface area contributed by atoms with Gasteiger partial charge >= 0.3 is 0 Å². The molecule has 0 aliphatic carbocycles. The van der Waals surface area contributed by atoms with Crippen LogP contribution in [0.4, 0.5) is 5.69 Å². The minimum Gasteiger partial charge on any atom is -0.311 e. The molecule has 0 aliphatic rings. The molecule has 0 atom stereocenters. The fraction of sp³-hybridized carbons (Fsp3) is 0.235. The second kappa shape index (κ2) is 6.10. The Morgan fingerprint density at radius 2 is 1.75 bits per heavy atom. The highest BCUT2D eigenvalue weighted by Gasteiger charge is 2.14. The number of alkyl halides is 1. The lowest BCUT2D eigenvalue weighted by Crippen LogP contribution is -2.26. The van der Waals surface area contributed by atoms with Gasteiger partial charge in [0.15, 0.2) is 0 Å². The lowest BCUT2D eigenvalue weighted by atomic mass is 10.1. The van der Waals surface area contributed by atoms with E-state index in [2.05, 4.69) is 6.07 Å². The monoisotopic (exact) mass is 287 g/mol. The molecule has 0 heterocycles. The molecule has 0 bridgehead atoms. The summed E-state index contributed by atoms with van der Waals surface area (Å²) in [5.74, 6) is 0.385. The summed E-state index contributed by atoms with van der Waals surface area (Å²) in [6.45, 7) is 4.06. The molecule has 2 aromatic rings. The first-order chi connectivity index (χ1) is 9.51. The smallest absolute Gasteiger partial charge is 0.258 e. The van der Waals surface area contributed by atoms with Crippen LogP contribution < -0.4 is 4.90 Å². The lowest BCUT2D eigenvalue weighted by molar-refractivity contribution is 0.0993. The number of rotatable bonds is 3. The molecule has 0 saturated carbocycles. The standard InChI is InChI=1S/C17H18ClNO/c1-12-7-13(2)9-16(8-12)19(3)17(20)15-6-4-5-14(10-15)11-18/h4-10H,11H2,1-3H3. The Labute approximate surface area is 125 Å². The fourth-order valence-corrected chi connectivity index (χ4v) is 2.41. The van der Waals surface area contributed by atoms with Crippen LogP contribution in [0, 0.1) is 13.8 Å². The van der Waals surface area contributed by atoms with Crippen molar-refractivity contribution >= 4 is 23.2 Å². The zero-order chi connectivity index (χ0) is 14.7. The summed E-state index contributed by atoms with van der Waals surface area (Å²) in [6.07, 6.45) is 0. The fourth-order valence-electron chi connectivity index (χ4n) is 2.24. The van der Waals surface area contributed by atoms with Crippen LogP contribution in [0.2, 0.25) is 0 Å². The molecule has 0 radical (unpaired) electrons. The molecule has 2 aromatic carbocycles. The molecule has 0 unspecified atom stereocenters. The molecule has 0 aromatic heterocycles. The summed E-state index contributed by atoms with van der Waals surface area (Å²) in [5.41, 5.74) is 4.81. The second-order valence-electron chi connectivity index (χ2n) is 5.04. The van der Waals surface area contributed by atoms with Gasteiger partial charge in [0.25, 0.3) is 5.91 Å². The number of hydrogen-bond acceptors (Lipinski definition) is 1. The average Bonchev–Trinajstić information content (AvgIpc) is 2.44. The van der Waals surface area contributed by atoms with Crippen LogP contribution in [0.1, 0.15) is 27.0 Å². The molecule has 104 valence electrons. The van der Waals surface area contributed by atoms with Crippen molar-refractivity contribution < 1.29 is 4.79 Å². The van der Waals surface area contributed by atoms with Gasteiger partial charge in [0.05, 0.1) is 0 Å². The highest BCUT2D eigenvalue weighted by Crippen LogP contribution is 2.20. The topological polar surface area (TPSA) is 20.3 Å². The van der Waals surface area contributed by atoms with Crippen molar-refractivity contribution in [2.45, 2.75) is 19.7 Å². The minimum absolute atomic E-state index is 0.0260. The summed E-state index contributed by atoms with van der Waals surface area (Å²) in [5, 5.41) is 0. The van der Waals surface area contributed by atoms with E-state index in [9.17, 15) is 4.79 Å². The van der Waals surface area contributed by atoms with Crippen LogP contribution in [0.5, 0.6) is 0 Å². The van der Waals surface area contributed by atoms with Gasteiger partial charge in [-0.2, -0.15) is 0 Å². The van der Waals surface area contributed by atoms with E-state index in [4.69, 9.17) is 11.6 Å². The summed E-state index contributed by atoms with van der Waals surface area (Å²) in [7, 11) is 1.80. The zero-order valence-corrected chi connectivity index (χ0v) is 12.7. The van der Waals surface area contributed by atoms with Crippen LogP contribution >= 0.6 is 11.6 Å². The molecule has 0 fully saturated rings. The number of carbonyl (C=O) groups excluding carboxylic acids is 1. The molecule has 2 rings (SSSR count). The molecule has 1 amide bonds.